The van der Waals surface area contributed by atoms with Crippen LogP contribution in [0.4, 0.5) is 5.69 Å². The zero-order chi connectivity index (χ0) is 18.8. The number of nitrogens with zero attached hydrogens (tertiary/aromatic N) is 1. The van der Waals surface area contributed by atoms with Crippen molar-refractivity contribution in [2.24, 2.45) is 0 Å². The quantitative estimate of drug-likeness (QED) is 0.827. The van der Waals surface area contributed by atoms with Crippen molar-refractivity contribution in [1.29, 1.82) is 0 Å². The van der Waals surface area contributed by atoms with Crippen LogP contribution in [0.2, 0.25) is 10.0 Å². The van der Waals surface area contributed by atoms with Gasteiger partial charge in [-0.3, -0.25) is 4.79 Å². The van der Waals surface area contributed by atoms with Gasteiger partial charge in [-0.15, -0.1) is 0 Å². The van der Waals surface area contributed by atoms with Gasteiger partial charge >= 0.3 is 0 Å². The van der Waals surface area contributed by atoms with Gasteiger partial charge in [0.25, 0.3) is 0 Å². The van der Waals surface area contributed by atoms with Crippen molar-refractivity contribution in [2.75, 3.05) is 18.9 Å². The van der Waals surface area contributed by atoms with Crippen LogP contribution in [-0.4, -0.2) is 32.2 Å². The van der Waals surface area contributed by atoms with E-state index in [9.17, 15) is 13.2 Å². The average molecular weight is 401 g/mol. The van der Waals surface area contributed by atoms with Crippen molar-refractivity contribution in [3.8, 4) is 0 Å². The molecule has 5 nitrogen and oxygen atoms in total. The van der Waals surface area contributed by atoms with E-state index in [0.717, 1.165) is 15.4 Å². The monoisotopic (exact) mass is 400 g/mol. The van der Waals surface area contributed by atoms with Crippen LogP contribution in [0.1, 0.15) is 11.1 Å². The second-order valence-electron chi connectivity index (χ2n) is 5.68. The largest absolute Gasteiger partial charge is 0.325 e. The molecule has 134 valence electrons. The molecule has 2 aromatic carbocycles. The number of benzene rings is 2. The van der Waals surface area contributed by atoms with Crippen LogP contribution >= 0.6 is 23.2 Å². The van der Waals surface area contributed by atoms with E-state index in [1.54, 1.807) is 6.07 Å². The smallest absolute Gasteiger partial charge is 0.244 e. The minimum atomic E-state index is -3.94. The summed E-state index contributed by atoms with van der Waals surface area (Å²) >= 11 is 11.8. The van der Waals surface area contributed by atoms with Crippen LogP contribution in [0.3, 0.4) is 0 Å². The summed E-state index contributed by atoms with van der Waals surface area (Å²) in [6.07, 6.45) is 0. The lowest BCUT2D eigenvalue weighted by Crippen LogP contribution is -2.35. The third kappa shape index (κ3) is 4.73. The topological polar surface area (TPSA) is 66.5 Å². The lowest BCUT2D eigenvalue weighted by molar-refractivity contribution is -0.116. The van der Waals surface area contributed by atoms with Crippen molar-refractivity contribution in [2.45, 2.75) is 18.7 Å². The van der Waals surface area contributed by atoms with Crippen LogP contribution in [0.15, 0.2) is 41.3 Å². The Kier molecular flexibility index (Phi) is 6.11. The summed E-state index contributed by atoms with van der Waals surface area (Å²) in [5, 5.41) is 2.98. The molecule has 0 spiro atoms. The van der Waals surface area contributed by atoms with Crippen molar-refractivity contribution in [3.63, 3.8) is 0 Å². The number of nitrogens with one attached hydrogen (secondary N) is 1. The zero-order valence-corrected chi connectivity index (χ0v) is 16.3. The Morgan fingerprint density at radius 2 is 1.76 bits per heavy atom. The Morgan fingerprint density at radius 3 is 2.40 bits per heavy atom. The van der Waals surface area contributed by atoms with Gasteiger partial charge in [0.1, 0.15) is 4.90 Å². The molecule has 0 fully saturated rings. The van der Waals surface area contributed by atoms with E-state index in [2.05, 4.69) is 5.32 Å². The van der Waals surface area contributed by atoms with E-state index in [4.69, 9.17) is 23.2 Å². The molecule has 0 radical (unpaired) electrons. The van der Waals surface area contributed by atoms with Gasteiger partial charge in [0.05, 0.1) is 11.6 Å². The number of carbonyl (C=O) groups excluding carboxylic acids is 1. The molecule has 1 amide bonds. The van der Waals surface area contributed by atoms with Crippen LogP contribution in [0.25, 0.3) is 0 Å². The Morgan fingerprint density at radius 1 is 1.08 bits per heavy atom. The molecule has 8 heteroatoms. The highest BCUT2D eigenvalue weighted by Gasteiger charge is 2.25. The molecule has 0 atom stereocenters. The predicted molar refractivity (Wildman–Crippen MR) is 101 cm³/mol. The lowest BCUT2D eigenvalue weighted by Gasteiger charge is -2.18. The molecule has 0 bridgehead atoms. The first-order valence-corrected chi connectivity index (χ1v) is 9.59. The van der Waals surface area contributed by atoms with Crippen molar-refractivity contribution in [3.05, 3.63) is 57.6 Å². The van der Waals surface area contributed by atoms with Gasteiger partial charge in [-0.05, 0) is 55.3 Å². The molecule has 0 heterocycles. The van der Waals surface area contributed by atoms with Crippen LogP contribution < -0.4 is 5.32 Å². The van der Waals surface area contributed by atoms with Crippen molar-refractivity contribution < 1.29 is 13.2 Å². The van der Waals surface area contributed by atoms with Crippen molar-refractivity contribution >= 4 is 44.8 Å². The molecular weight excluding hydrogens is 383 g/mol. The second-order valence-corrected chi connectivity index (χ2v) is 8.54. The number of rotatable bonds is 5. The highest BCUT2D eigenvalue weighted by Crippen LogP contribution is 2.27. The SMILES string of the molecule is Cc1ccc(NC(=O)CN(C)S(=O)(=O)c2cc(Cl)ccc2Cl)cc1C. The maximum atomic E-state index is 12.6. The van der Waals surface area contributed by atoms with Crippen LogP contribution in [-0.2, 0) is 14.8 Å². The van der Waals surface area contributed by atoms with Crippen LogP contribution in [0.5, 0.6) is 0 Å². The number of aryl methyl sites for hydroxylation is 2. The number of sulfonamides is 1. The van der Waals surface area contributed by atoms with Gasteiger partial charge in [-0.25, -0.2) is 8.42 Å². The van der Waals surface area contributed by atoms with Gasteiger partial charge in [0.2, 0.25) is 15.9 Å². The second kappa shape index (κ2) is 7.74. The third-order valence-corrected chi connectivity index (χ3v) is 6.26. The standard InChI is InChI=1S/C17H18Cl2N2O3S/c1-11-4-6-14(8-12(11)2)20-17(22)10-21(3)25(23,24)16-9-13(18)5-7-15(16)19/h4-9H,10H2,1-3H3,(H,20,22). The van der Waals surface area contributed by atoms with E-state index < -0.39 is 15.9 Å². The molecule has 0 unspecified atom stereocenters. The number of hydrogen-bond acceptors (Lipinski definition) is 3. The molecular formula is C17H18Cl2N2O3S. The average Bonchev–Trinajstić information content (AvgIpc) is 2.53. The fourth-order valence-corrected chi connectivity index (χ4v) is 4.01. The first-order chi connectivity index (χ1) is 11.6. The zero-order valence-electron chi connectivity index (χ0n) is 14.0. The first kappa shape index (κ1) is 19.7. The number of halogens is 2. The number of hydrogen-bond donors (Lipinski definition) is 1. The molecule has 2 aromatic rings. The maximum Gasteiger partial charge on any atom is 0.244 e. The molecule has 2 rings (SSSR count). The Bertz CT molecular complexity index is 914. The number of carbonyl (C=O) groups is 1. The molecule has 0 aromatic heterocycles. The molecule has 0 aliphatic rings. The van der Waals surface area contributed by atoms with Gasteiger partial charge in [0.15, 0.2) is 0 Å². The Labute approximate surface area is 157 Å². The van der Waals surface area contributed by atoms with Gasteiger partial charge in [-0.1, -0.05) is 29.3 Å². The Balaban J connectivity index is 2.14. The van der Waals surface area contributed by atoms with E-state index in [1.165, 1.54) is 25.2 Å². The fourth-order valence-electron chi connectivity index (χ4n) is 2.15. The van der Waals surface area contributed by atoms with Gasteiger partial charge < -0.3 is 5.32 Å². The summed E-state index contributed by atoms with van der Waals surface area (Å²) in [4.78, 5) is 12.0. The molecule has 0 aliphatic carbocycles. The number of likely N-dealkylation sites (N-methyl/N-ethyl adjacent to an activating group) is 1. The molecule has 1 N–H and O–H groups in total. The highest BCUT2D eigenvalue weighted by atomic mass is 35.5. The minimum absolute atomic E-state index is 0.0471. The van der Waals surface area contributed by atoms with Gasteiger partial charge in [-0.2, -0.15) is 4.31 Å². The van der Waals surface area contributed by atoms with E-state index >= 15 is 0 Å². The highest BCUT2D eigenvalue weighted by molar-refractivity contribution is 7.89. The number of anilines is 1. The lowest BCUT2D eigenvalue weighted by atomic mass is 10.1. The predicted octanol–water partition coefficient (Wildman–Crippen LogP) is 3.87. The summed E-state index contributed by atoms with van der Waals surface area (Å²) in [7, 11) is -2.63. The normalized spacial score (nSPS) is 11.6. The molecule has 0 saturated carbocycles. The fraction of sp³-hybridized carbons (Fsp3) is 0.235. The number of amides is 1. The first-order valence-electron chi connectivity index (χ1n) is 7.40. The van der Waals surface area contributed by atoms with Crippen molar-refractivity contribution in [1.82, 2.24) is 4.31 Å². The summed E-state index contributed by atoms with van der Waals surface area (Å²) in [5.74, 6) is -0.451. The molecule has 0 aliphatic heterocycles. The summed E-state index contributed by atoms with van der Waals surface area (Å²) in [6.45, 7) is 3.55. The van der Waals surface area contributed by atoms with E-state index in [1.807, 2.05) is 26.0 Å². The van der Waals surface area contributed by atoms with Crippen LogP contribution in [0, 0.1) is 13.8 Å². The summed E-state index contributed by atoms with van der Waals surface area (Å²) < 4.78 is 26.1. The molecule has 0 saturated heterocycles. The maximum absolute atomic E-state index is 12.6. The van der Waals surface area contributed by atoms with E-state index in [-0.39, 0.29) is 21.5 Å². The Hall–Kier alpha value is -1.60. The summed E-state index contributed by atoms with van der Waals surface area (Å²) in [6, 6.07) is 9.64. The minimum Gasteiger partial charge on any atom is -0.325 e. The third-order valence-electron chi connectivity index (χ3n) is 3.74. The van der Waals surface area contributed by atoms with Gasteiger partial charge in [0, 0.05) is 17.8 Å². The summed E-state index contributed by atoms with van der Waals surface area (Å²) in [5.41, 5.74) is 2.75. The van der Waals surface area contributed by atoms with E-state index in [0.29, 0.717) is 5.69 Å². The molecule has 25 heavy (non-hydrogen) atoms.